The lowest BCUT2D eigenvalue weighted by Crippen LogP contribution is -2.33. The van der Waals surface area contributed by atoms with E-state index in [1.54, 1.807) is 0 Å². The Morgan fingerprint density at radius 2 is 2.00 bits per heavy atom. The molecule has 1 fully saturated rings. The van der Waals surface area contributed by atoms with Crippen molar-refractivity contribution in [3.05, 3.63) is 0 Å². The third-order valence-electron chi connectivity index (χ3n) is 3.52. The normalized spacial score (nSPS) is 26.1. The molecule has 1 aliphatic carbocycles. The van der Waals surface area contributed by atoms with E-state index in [1.165, 1.54) is 19.4 Å². The lowest BCUT2D eigenvalue weighted by molar-refractivity contribution is 0.488. The highest BCUT2D eigenvalue weighted by molar-refractivity contribution is 4.95. The fourth-order valence-corrected chi connectivity index (χ4v) is 1.75. The smallest absolute Gasteiger partial charge is 0.00792 e. The van der Waals surface area contributed by atoms with Crippen molar-refractivity contribution < 1.29 is 0 Å². The van der Waals surface area contributed by atoms with Crippen LogP contribution in [-0.2, 0) is 0 Å². The molecule has 0 bridgehead atoms. The molecule has 0 aliphatic heterocycles. The van der Waals surface area contributed by atoms with Crippen molar-refractivity contribution in [2.45, 2.75) is 46.6 Å². The van der Waals surface area contributed by atoms with Crippen LogP contribution in [0.5, 0.6) is 0 Å². The van der Waals surface area contributed by atoms with E-state index >= 15 is 0 Å². The molecule has 0 spiro atoms. The van der Waals surface area contributed by atoms with Crippen LogP contribution in [0.4, 0.5) is 0 Å². The molecule has 0 saturated heterocycles. The van der Waals surface area contributed by atoms with Crippen LogP contribution in [0, 0.1) is 11.3 Å². The summed E-state index contributed by atoms with van der Waals surface area (Å²) < 4.78 is 0. The van der Waals surface area contributed by atoms with Gasteiger partial charge in [0.25, 0.3) is 0 Å². The molecular weight excluding hydrogens is 172 g/mol. The fourth-order valence-electron chi connectivity index (χ4n) is 1.75. The van der Waals surface area contributed by atoms with Crippen molar-refractivity contribution in [1.29, 1.82) is 0 Å². The van der Waals surface area contributed by atoms with E-state index in [4.69, 9.17) is 0 Å². The summed E-state index contributed by atoms with van der Waals surface area (Å²) >= 11 is 0. The molecule has 0 radical (unpaired) electrons. The van der Waals surface area contributed by atoms with Crippen LogP contribution < -0.4 is 10.6 Å². The zero-order chi connectivity index (χ0) is 10.6. The average molecular weight is 198 g/mol. The average Bonchev–Trinajstić information content (AvgIpc) is 2.73. The maximum absolute atomic E-state index is 3.52. The van der Waals surface area contributed by atoms with Crippen LogP contribution in [0.1, 0.15) is 40.5 Å². The van der Waals surface area contributed by atoms with Crippen LogP contribution in [0.25, 0.3) is 0 Å². The monoisotopic (exact) mass is 198 g/mol. The first-order valence-electron chi connectivity index (χ1n) is 6.00. The molecule has 2 unspecified atom stereocenters. The Morgan fingerprint density at radius 1 is 1.36 bits per heavy atom. The van der Waals surface area contributed by atoms with Gasteiger partial charge in [-0.05, 0) is 37.6 Å². The third-order valence-corrected chi connectivity index (χ3v) is 3.52. The van der Waals surface area contributed by atoms with Gasteiger partial charge >= 0.3 is 0 Å². The van der Waals surface area contributed by atoms with E-state index in [-0.39, 0.29) is 0 Å². The quantitative estimate of drug-likeness (QED) is 0.612. The number of nitrogens with one attached hydrogen (secondary N) is 2. The molecule has 0 aromatic carbocycles. The van der Waals surface area contributed by atoms with E-state index in [0.717, 1.165) is 19.0 Å². The molecule has 1 saturated carbocycles. The van der Waals surface area contributed by atoms with Crippen molar-refractivity contribution in [1.82, 2.24) is 10.6 Å². The van der Waals surface area contributed by atoms with Gasteiger partial charge in [0.2, 0.25) is 0 Å². The van der Waals surface area contributed by atoms with Crippen molar-refractivity contribution in [2.24, 2.45) is 11.3 Å². The van der Waals surface area contributed by atoms with E-state index in [9.17, 15) is 0 Å². The molecule has 0 amide bonds. The lowest BCUT2D eigenvalue weighted by Gasteiger charge is -2.11. The Morgan fingerprint density at radius 3 is 2.50 bits per heavy atom. The first kappa shape index (κ1) is 12.0. The van der Waals surface area contributed by atoms with Gasteiger partial charge in [0.15, 0.2) is 0 Å². The largest absolute Gasteiger partial charge is 0.315 e. The SMILES string of the molecule is CCC(C)NCCNCC1CC1(C)C. The molecule has 0 aromatic heterocycles. The molecule has 1 rings (SSSR count). The lowest BCUT2D eigenvalue weighted by atomic mass is 10.1. The van der Waals surface area contributed by atoms with Gasteiger partial charge in [-0.15, -0.1) is 0 Å². The van der Waals surface area contributed by atoms with Gasteiger partial charge in [-0.2, -0.15) is 0 Å². The van der Waals surface area contributed by atoms with Crippen molar-refractivity contribution in [3.63, 3.8) is 0 Å². The molecule has 2 atom stereocenters. The van der Waals surface area contributed by atoms with Gasteiger partial charge in [-0.3, -0.25) is 0 Å². The highest BCUT2D eigenvalue weighted by atomic mass is 15.0. The summed E-state index contributed by atoms with van der Waals surface area (Å²) in [5, 5.41) is 7.00. The van der Waals surface area contributed by atoms with Gasteiger partial charge < -0.3 is 10.6 Å². The van der Waals surface area contributed by atoms with E-state index < -0.39 is 0 Å². The Labute approximate surface area is 88.8 Å². The topological polar surface area (TPSA) is 24.1 Å². The third kappa shape index (κ3) is 3.97. The van der Waals surface area contributed by atoms with Crippen LogP contribution in [0.2, 0.25) is 0 Å². The van der Waals surface area contributed by atoms with E-state index in [2.05, 4.69) is 38.3 Å². The molecule has 14 heavy (non-hydrogen) atoms. The predicted octanol–water partition coefficient (Wildman–Crippen LogP) is 2.01. The molecular formula is C12H26N2. The minimum atomic E-state index is 0.622. The Balaban J connectivity index is 1.86. The second-order valence-electron chi connectivity index (χ2n) is 5.36. The Kier molecular flexibility index (Phi) is 4.39. The first-order valence-corrected chi connectivity index (χ1v) is 6.00. The highest BCUT2D eigenvalue weighted by Crippen LogP contribution is 2.50. The summed E-state index contributed by atoms with van der Waals surface area (Å²) in [4.78, 5) is 0. The van der Waals surface area contributed by atoms with Crippen LogP contribution in [0.3, 0.4) is 0 Å². The molecule has 1 aliphatic rings. The molecule has 84 valence electrons. The molecule has 2 heteroatoms. The summed E-state index contributed by atoms with van der Waals surface area (Å²) in [5.41, 5.74) is 0.622. The Hall–Kier alpha value is -0.0800. The first-order chi connectivity index (χ1) is 6.56. The molecule has 0 aromatic rings. The van der Waals surface area contributed by atoms with Crippen molar-refractivity contribution in [2.75, 3.05) is 19.6 Å². The zero-order valence-corrected chi connectivity index (χ0v) is 10.2. The highest BCUT2D eigenvalue weighted by Gasteiger charge is 2.44. The van der Waals surface area contributed by atoms with Gasteiger partial charge in [-0.1, -0.05) is 20.8 Å². The second-order valence-corrected chi connectivity index (χ2v) is 5.36. The fraction of sp³-hybridized carbons (Fsp3) is 1.00. The standard InChI is InChI=1S/C12H26N2/c1-5-10(2)14-7-6-13-9-11-8-12(11,3)4/h10-11,13-14H,5-9H2,1-4H3. The molecule has 0 heterocycles. The molecule has 2 N–H and O–H groups in total. The number of hydrogen-bond donors (Lipinski definition) is 2. The summed E-state index contributed by atoms with van der Waals surface area (Å²) in [6.07, 6.45) is 2.62. The number of rotatable bonds is 7. The zero-order valence-electron chi connectivity index (χ0n) is 10.2. The Bertz CT molecular complexity index is 166. The van der Waals surface area contributed by atoms with Crippen LogP contribution >= 0.6 is 0 Å². The van der Waals surface area contributed by atoms with Gasteiger partial charge in [0.1, 0.15) is 0 Å². The summed E-state index contributed by atoms with van der Waals surface area (Å²) in [5.74, 6) is 0.922. The minimum Gasteiger partial charge on any atom is -0.315 e. The maximum Gasteiger partial charge on any atom is 0.00792 e. The minimum absolute atomic E-state index is 0.622. The molecule has 2 nitrogen and oxygen atoms in total. The summed E-state index contributed by atoms with van der Waals surface area (Å²) in [6.45, 7) is 12.6. The summed E-state index contributed by atoms with van der Waals surface area (Å²) in [7, 11) is 0. The predicted molar refractivity (Wildman–Crippen MR) is 62.5 cm³/mol. The van der Waals surface area contributed by atoms with Crippen LogP contribution in [0.15, 0.2) is 0 Å². The number of hydrogen-bond acceptors (Lipinski definition) is 2. The summed E-state index contributed by atoms with van der Waals surface area (Å²) in [6, 6.07) is 0.661. The van der Waals surface area contributed by atoms with Crippen molar-refractivity contribution in [3.8, 4) is 0 Å². The van der Waals surface area contributed by atoms with Gasteiger partial charge in [0.05, 0.1) is 0 Å². The van der Waals surface area contributed by atoms with Crippen molar-refractivity contribution >= 4 is 0 Å². The van der Waals surface area contributed by atoms with E-state index in [0.29, 0.717) is 11.5 Å². The van der Waals surface area contributed by atoms with Crippen LogP contribution in [-0.4, -0.2) is 25.7 Å². The van der Waals surface area contributed by atoms with E-state index in [1.807, 2.05) is 0 Å². The van der Waals surface area contributed by atoms with Gasteiger partial charge in [0, 0.05) is 19.1 Å². The second kappa shape index (κ2) is 5.13. The maximum atomic E-state index is 3.52. The van der Waals surface area contributed by atoms with Gasteiger partial charge in [-0.25, -0.2) is 0 Å².